The van der Waals surface area contributed by atoms with Crippen LogP contribution in [0.5, 0.6) is 0 Å². The lowest BCUT2D eigenvalue weighted by atomic mass is 10.0. The van der Waals surface area contributed by atoms with Crippen molar-refractivity contribution in [2.75, 3.05) is 0 Å². The normalized spacial score (nSPS) is 12.1. The number of hydrogen-bond acceptors (Lipinski definition) is 3. The van der Waals surface area contributed by atoms with E-state index in [1.807, 2.05) is 24.3 Å². The van der Waals surface area contributed by atoms with E-state index < -0.39 is 0 Å². The summed E-state index contributed by atoms with van der Waals surface area (Å²) < 4.78 is 17.1. The fourth-order valence-corrected chi connectivity index (χ4v) is 5.76. The molecule has 37 heavy (non-hydrogen) atoms. The molecule has 0 radical (unpaired) electrons. The molecule has 0 bridgehead atoms. The van der Waals surface area contributed by atoms with Crippen LogP contribution in [-0.4, -0.2) is 9.55 Å². The third kappa shape index (κ3) is 2.74. The number of aromatic nitrogens is 3. The second-order valence-electron chi connectivity index (χ2n) is 9.58. The summed E-state index contributed by atoms with van der Waals surface area (Å²) >= 11 is 0. The summed E-state index contributed by atoms with van der Waals surface area (Å²) in [5.41, 5.74) is 8.85. The topological polar surface area (TPSA) is 48.0 Å². The first-order valence-electron chi connectivity index (χ1n) is 12.4. The molecule has 5 nitrogen and oxygen atoms in total. The second-order valence-corrected chi connectivity index (χ2v) is 9.58. The smallest absolute Gasteiger partial charge is 0.298 e. The van der Waals surface area contributed by atoms with E-state index in [-0.39, 0.29) is 0 Å². The van der Waals surface area contributed by atoms with Crippen molar-refractivity contribution in [2.45, 2.75) is 6.92 Å². The van der Waals surface area contributed by atoms with Crippen LogP contribution >= 0.6 is 0 Å². The van der Waals surface area contributed by atoms with E-state index in [1.54, 1.807) is 6.20 Å². The predicted octanol–water partition coefficient (Wildman–Crippen LogP) is 7.62. The van der Waals surface area contributed by atoms with Crippen molar-refractivity contribution in [3.63, 3.8) is 0 Å². The van der Waals surface area contributed by atoms with Gasteiger partial charge in [-0.1, -0.05) is 42.5 Å². The van der Waals surface area contributed by atoms with Crippen LogP contribution < -0.4 is 4.57 Å². The largest absolute Gasteiger partial charge is 0.455 e. The summed E-state index contributed by atoms with van der Waals surface area (Å²) in [6, 6.07) is 31.5. The molecule has 5 heteroatoms. The Labute approximate surface area is 211 Å². The van der Waals surface area contributed by atoms with Gasteiger partial charge in [-0.2, -0.15) is 4.57 Å². The lowest BCUT2D eigenvalue weighted by Crippen LogP contribution is -2.30. The van der Waals surface area contributed by atoms with Gasteiger partial charge in [-0.15, -0.1) is 0 Å². The zero-order chi connectivity index (χ0) is 24.7. The van der Waals surface area contributed by atoms with E-state index in [2.05, 4.69) is 94.8 Å². The molecule has 4 aromatic heterocycles. The van der Waals surface area contributed by atoms with Gasteiger partial charge in [-0.05, 0) is 61.0 Å². The minimum absolute atomic E-state index is 0.653. The van der Waals surface area contributed by atoms with Crippen LogP contribution in [0.3, 0.4) is 0 Å². The van der Waals surface area contributed by atoms with Gasteiger partial charge in [0.15, 0.2) is 16.6 Å². The maximum Gasteiger partial charge on any atom is 0.298 e. The highest BCUT2D eigenvalue weighted by atomic mass is 16.3. The Kier molecular flexibility index (Phi) is 4.01. The minimum Gasteiger partial charge on any atom is -0.455 e. The van der Waals surface area contributed by atoms with Crippen LogP contribution in [0.15, 0.2) is 106 Å². The number of benzene rings is 4. The van der Waals surface area contributed by atoms with Crippen LogP contribution in [0.2, 0.25) is 0 Å². The third-order valence-electron chi connectivity index (χ3n) is 7.48. The Morgan fingerprint density at radius 1 is 0.730 bits per heavy atom. The van der Waals surface area contributed by atoms with Gasteiger partial charge in [-0.3, -0.25) is 0 Å². The minimum atomic E-state index is 0.653. The van der Waals surface area contributed by atoms with Crippen LogP contribution in [-0.2, 0) is 7.05 Å². The molecule has 0 saturated carbocycles. The highest BCUT2D eigenvalue weighted by Crippen LogP contribution is 2.39. The first-order chi connectivity index (χ1) is 18.2. The molecule has 8 aromatic rings. The molecular weight excluding hydrogens is 458 g/mol. The summed E-state index contributed by atoms with van der Waals surface area (Å²) in [6.07, 6.45) is 1.76. The number of imidazole rings is 1. The molecule has 0 saturated heterocycles. The SMILES string of the molecule is Cc1ccc2c(oc3ccccc32)c1-c1n(-c2ccc3oc4ncccc4c3c2)c2ccccc2[n+]1C. The average molecular weight is 481 g/mol. The highest BCUT2D eigenvalue weighted by Gasteiger charge is 2.30. The molecule has 4 heterocycles. The van der Waals surface area contributed by atoms with Crippen LogP contribution in [0.1, 0.15) is 5.56 Å². The molecule has 0 spiro atoms. The van der Waals surface area contributed by atoms with Gasteiger partial charge >= 0.3 is 0 Å². The van der Waals surface area contributed by atoms with Gasteiger partial charge in [0.25, 0.3) is 5.82 Å². The predicted molar refractivity (Wildman–Crippen MR) is 147 cm³/mol. The summed E-state index contributed by atoms with van der Waals surface area (Å²) in [5.74, 6) is 1.06. The second kappa shape index (κ2) is 7.31. The molecule has 0 amide bonds. The molecule has 0 atom stereocenters. The number of pyridine rings is 1. The summed E-state index contributed by atoms with van der Waals surface area (Å²) in [4.78, 5) is 4.42. The fraction of sp³-hybridized carbons (Fsp3) is 0.0625. The molecule has 176 valence electrons. The molecule has 0 fully saturated rings. The van der Waals surface area contributed by atoms with Gasteiger partial charge in [0.05, 0.1) is 7.05 Å². The van der Waals surface area contributed by atoms with Gasteiger partial charge in [0, 0.05) is 27.7 Å². The zero-order valence-electron chi connectivity index (χ0n) is 20.4. The number of hydrogen-bond donors (Lipinski definition) is 0. The molecular formula is C32H22N3O2+. The molecule has 0 aliphatic rings. The maximum absolute atomic E-state index is 6.53. The fourth-order valence-electron chi connectivity index (χ4n) is 5.76. The standard InChI is InChI=1S/C32H22N3O2/c1-19-13-15-22-21-8-3-6-12-27(21)36-30(22)29(19)32-34(2)25-10-4-5-11-26(25)35(32)20-14-16-28-24(18-20)23-9-7-17-33-31(23)37-28/h3-18H,1-2H3/q+1. The number of para-hydroxylation sites is 3. The number of rotatable bonds is 2. The van der Waals surface area contributed by atoms with E-state index >= 15 is 0 Å². The summed E-state index contributed by atoms with van der Waals surface area (Å²) in [6.45, 7) is 2.16. The maximum atomic E-state index is 6.53. The monoisotopic (exact) mass is 480 g/mol. The molecule has 0 aliphatic heterocycles. The number of furan rings is 2. The van der Waals surface area contributed by atoms with Crippen LogP contribution in [0.4, 0.5) is 0 Å². The Bertz CT molecular complexity index is 2180. The third-order valence-corrected chi connectivity index (χ3v) is 7.48. The summed E-state index contributed by atoms with van der Waals surface area (Å²) in [5, 5.41) is 4.31. The molecule has 4 aromatic carbocycles. The molecule has 0 aliphatic carbocycles. The number of aryl methyl sites for hydroxylation is 2. The highest BCUT2D eigenvalue weighted by molar-refractivity contribution is 6.10. The number of nitrogens with zero attached hydrogens (tertiary/aromatic N) is 3. The van der Waals surface area contributed by atoms with E-state index in [0.717, 1.165) is 72.0 Å². The van der Waals surface area contributed by atoms with E-state index in [0.29, 0.717) is 5.71 Å². The first kappa shape index (κ1) is 20.3. The zero-order valence-corrected chi connectivity index (χ0v) is 20.4. The Balaban J connectivity index is 1.52. The Morgan fingerprint density at radius 2 is 1.54 bits per heavy atom. The van der Waals surface area contributed by atoms with Crippen molar-refractivity contribution in [2.24, 2.45) is 7.05 Å². The quantitative estimate of drug-likeness (QED) is 0.239. The lowest BCUT2D eigenvalue weighted by Gasteiger charge is -2.07. The Morgan fingerprint density at radius 3 is 2.49 bits per heavy atom. The van der Waals surface area contributed by atoms with Crippen molar-refractivity contribution >= 4 is 55.0 Å². The van der Waals surface area contributed by atoms with E-state index in [1.165, 1.54) is 0 Å². The van der Waals surface area contributed by atoms with Crippen molar-refractivity contribution < 1.29 is 13.4 Å². The summed E-state index contributed by atoms with van der Waals surface area (Å²) in [7, 11) is 2.13. The average Bonchev–Trinajstić information content (AvgIpc) is 3.58. The van der Waals surface area contributed by atoms with Gasteiger partial charge in [0.2, 0.25) is 5.71 Å². The van der Waals surface area contributed by atoms with E-state index in [4.69, 9.17) is 8.83 Å². The molecule has 0 N–H and O–H groups in total. The Hall–Kier alpha value is -4.90. The van der Waals surface area contributed by atoms with Crippen molar-refractivity contribution in [3.05, 3.63) is 103 Å². The van der Waals surface area contributed by atoms with Crippen LogP contribution in [0.25, 0.3) is 72.1 Å². The molecule has 8 rings (SSSR count). The van der Waals surface area contributed by atoms with Gasteiger partial charge < -0.3 is 8.83 Å². The number of fused-ring (bicyclic) bond motifs is 7. The first-order valence-corrected chi connectivity index (χ1v) is 12.4. The van der Waals surface area contributed by atoms with Crippen molar-refractivity contribution in [1.82, 2.24) is 9.55 Å². The van der Waals surface area contributed by atoms with Crippen molar-refractivity contribution in [1.29, 1.82) is 0 Å². The molecule has 0 unspecified atom stereocenters. The van der Waals surface area contributed by atoms with Crippen LogP contribution in [0, 0.1) is 6.92 Å². The van der Waals surface area contributed by atoms with Gasteiger partial charge in [0.1, 0.15) is 22.4 Å². The van der Waals surface area contributed by atoms with Crippen molar-refractivity contribution in [3.8, 4) is 17.1 Å². The van der Waals surface area contributed by atoms with E-state index in [9.17, 15) is 0 Å². The lowest BCUT2D eigenvalue weighted by molar-refractivity contribution is -0.633. The van der Waals surface area contributed by atoms with Gasteiger partial charge in [-0.25, -0.2) is 9.55 Å².